The van der Waals surface area contributed by atoms with Gasteiger partial charge in [-0.05, 0) is 58.3 Å². The molecule has 0 saturated carbocycles. The van der Waals surface area contributed by atoms with Crippen LogP contribution in [0.15, 0.2) is 71.5 Å². The molecule has 4 aromatic carbocycles. The fourth-order valence-electron chi connectivity index (χ4n) is 3.65. The number of aromatic nitrogens is 1. The molecule has 0 spiro atoms. The minimum Gasteiger partial charge on any atom is -0.354 e. The van der Waals surface area contributed by atoms with Crippen molar-refractivity contribution in [3.63, 3.8) is 0 Å². The molecule has 0 saturated heterocycles. The molecule has 0 radical (unpaired) electrons. The summed E-state index contributed by atoms with van der Waals surface area (Å²) in [7, 11) is 0. The Morgan fingerprint density at radius 2 is 1.54 bits per heavy atom. The molecular formula is C22H15NO. The SMILES string of the molecule is Cc1cccc2c(=O)c3c(ccc4cc5ccccc5cc43)[nH]c12. The van der Waals surface area contributed by atoms with Gasteiger partial charge in [-0.25, -0.2) is 0 Å². The Hall–Kier alpha value is -3.13. The van der Waals surface area contributed by atoms with Crippen molar-refractivity contribution in [1.82, 2.24) is 4.98 Å². The summed E-state index contributed by atoms with van der Waals surface area (Å²) in [5.74, 6) is 0. The molecule has 0 bridgehead atoms. The van der Waals surface area contributed by atoms with Crippen LogP contribution < -0.4 is 5.43 Å². The first kappa shape index (κ1) is 13.3. The number of H-pyrrole nitrogens is 1. The molecule has 0 fully saturated rings. The number of para-hydroxylation sites is 1. The molecule has 2 nitrogen and oxygen atoms in total. The van der Waals surface area contributed by atoms with Gasteiger partial charge in [0.2, 0.25) is 0 Å². The van der Waals surface area contributed by atoms with E-state index in [1.807, 2.05) is 43.3 Å². The third-order valence-electron chi connectivity index (χ3n) is 4.89. The zero-order valence-corrected chi connectivity index (χ0v) is 13.3. The Bertz CT molecular complexity index is 1330. The molecule has 24 heavy (non-hydrogen) atoms. The van der Waals surface area contributed by atoms with Crippen molar-refractivity contribution in [2.24, 2.45) is 0 Å². The number of benzene rings is 4. The number of hydrogen-bond acceptors (Lipinski definition) is 1. The highest BCUT2D eigenvalue weighted by Crippen LogP contribution is 2.28. The van der Waals surface area contributed by atoms with Crippen molar-refractivity contribution in [2.75, 3.05) is 0 Å². The lowest BCUT2D eigenvalue weighted by Gasteiger charge is -2.09. The lowest BCUT2D eigenvalue weighted by molar-refractivity contribution is 1.42. The van der Waals surface area contributed by atoms with Crippen LogP contribution in [0.2, 0.25) is 0 Å². The molecule has 5 rings (SSSR count). The van der Waals surface area contributed by atoms with E-state index in [0.717, 1.165) is 43.5 Å². The van der Waals surface area contributed by atoms with Gasteiger partial charge in [-0.2, -0.15) is 0 Å². The van der Waals surface area contributed by atoms with Gasteiger partial charge in [-0.1, -0.05) is 42.5 Å². The van der Waals surface area contributed by atoms with E-state index < -0.39 is 0 Å². The topological polar surface area (TPSA) is 32.9 Å². The van der Waals surface area contributed by atoms with Gasteiger partial charge in [0.05, 0.1) is 16.4 Å². The minimum atomic E-state index is 0.100. The molecule has 5 aromatic rings. The average Bonchev–Trinajstić information content (AvgIpc) is 2.61. The van der Waals surface area contributed by atoms with Crippen molar-refractivity contribution in [1.29, 1.82) is 0 Å². The van der Waals surface area contributed by atoms with E-state index >= 15 is 0 Å². The smallest absolute Gasteiger partial charge is 0.197 e. The number of pyridine rings is 1. The lowest BCUT2D eigenvalue weighted by Crippen LogP contribution is -2.05. The summed E-state index contributed by atoms with van der Waals surface area (Å²) >= 11 is 0. The standard InChI is InChI=1S/C22H15NO/c1-13-5-4-8-17-21(13)23-19-10-9-16-11-14-6-2-3-7-15(14)12-18(16)20(19)22(17)24/h2-12H,1H3,(H,23,24). The Balaban J connectivity index is 2.07. The molecule has 0 amide bonds. The number of aromatic amines is 1. The second kappa shape index (κ2) is 4.68. The summed E-state index contributed by atoms with van der Waals surface area (Å²) in [4.78, 5) is 16.6. The van der Waals surface area contributed by atoms with E-state index in [1.165, 1.54) is 5.39 Å². The van der Waals surface area contributed by atoms with Crippen LogP contribution in [-0.2, 0) is 0 Å². The highest BCUT2D eigenvalue weighted by Gasteiger charge is 2.10. The number of aryl methyl sites for hydroxylation is 1. The van der Waals surface area contributed by atoms with Crippen LogP contribution in [0.25, 0.3) is 43.4 Å². The first-order chi connectivity index (χ1) is 11.7. The van der Waals surface area contributed by atoms with Crippen molar-refractivity contribution in [3.05, 3.63) is 82.5 Å². The molecule has 0 aliphatic carbocycles. The first-order valence-corrected chi connectivity index (χ1v) is 8.09. The van der Waals surface area contributed by atoms with Crippen LogP contribution in [0, 0.1) is 6.92 Å². The van der Waals surface area contributed by atoms with Gasteiger partial charge in [0.15, 0.2) is 5.43 Å². The van der Waals surface area contributed by atoms with Gasteiger partial charge < -0.3 is 4.98 Å². The van der Waals surface area contributed by atoms with Gasteiger partial charge >= 0.3 is 0 Å². The van der Waals surface area contributed by atoms with Crippen molar-refractivity contribution in [2.45, 2.75) is 6.92 Å². The highest BCUT2D eigenvalue weighted by molar-refractivity contribution is 6.13. The van der Waals surface area contributed by atoms with E-state index in [2.05, 4.69) is 35.3 Å². The van der Waals surface area contributed by atoms with E-state index in [-0.39, 0.29) is 5.43 Å². The average molecular weight is 309 g/mol. The van der Waals surface area contributed by atoms with E-state index in [4.69, 9.17) is 0 Å². The van der Waals surface area contributed by atoms with Gasteiger partial charge in [0.1, 0.15) is 0 Å². The Kier molecular flexibility index (Phi) is 2.60. The number of rotatable bonds is 0. The van der Waals surface area contributed by atoms with Crippen LogP contribution in [0.3, 0.4) is 0 Å². The lowest BCUT2D eigenvalue weighted by atomic mass is 9.98. The number of hydrogen-bond donors (Lipinski definition) is 1. The molecule has 1 N–H and O–H groups in total. The third-order valence-corrected chi connectivity index (χ3v) is 4.89. The molecule has 2 heteroatoms. The van der Waals surface area contributed by atoms with E-state index in [0.29, 0.717) is 0 Å². The van der Waals surface area contributed by atoms with Crippen LogP contribution in [0.1, 0.15) is 5.56 Å². The predicted molar refractivity (Wildman–Crippen MR) is 102 cm³/mol. The molecular weight excluding hydrogens is 294 g/mol. The number of nitrogens with one attached hydrogen (secondary N) is 1. The summed E-state index contributed by atoms with van der Waals surface area (Å²) in [6.45, 7) is 2.03. The fourth-order valence-corrected chi connectivity index (χ4v) is 3.65. The third kappa shape index (κ3) is 1.74. The van der Waals surface area contributed by atoms with Crippen LogP contribution >= 0.6 is 0 Å². The van der Waals surface area contributed by atoms with Gasteiger partial charge in [0.25, 0.3) is 0 Å². The Labute approximate surface area is 138 Å². The molecule has 114 valence electrons. The fraction of sp³-hybridized carbons (Fsp3) is 0.0455. The monoisotopic (exact) mass is 309 g/mol. The zero-order chi connectivity index (χ0) is 16.3. The van der Waals surface area contributed by atoms with Crippen LogP contribution in [-0.4, -0.2) is 4.98 Å². The van der Waals surface area contributed by atoms with Crippen molar-refractivity contribution >= 4 is 43.4 Å². The molecule has 0 unspecified atom stereocenters. The molecule has 0 atom stereocenters. The van der Waals surface area contributed by atoms with E-state index in [9.17, 15) is 4.79 Å². The summed E-state index contributed by atoms with van der Waals surface area (Å²) in [5, 5.41) is 5.98. The maximum absolute atomic E-state index is 13.2. The van der Waals surface area contributed by atoms with Gasteiger partial charge in [0, 0.05) is 5.39 Å². The number of fused-ring (bicyclic) bond motifs is 5. The zero-order valence-electron chi connectivity index (χ0n) is 13.3. The quantitative estimate of drug-likeness (QED) is 0.306. The summed E-state index contributed by atoms with van der Waals surface area (Å²) in [5.41, 5.74) is 3.01. The molecule has 0 aliphatic rings. The second-order valence-electron chi connectivity index (χ2n) is 6.36. The predicted octanol–water partition coefficient (Wildman–Crippen LogP) is 5.30. The molecule has 1 aromatic heterocycles. The largest absolute Gasteiger partial charge is 0.354 e. The second-order valence-corrected chi connectivity index (χ2v) is 6.36. The van der Waals surface area contributed by atoms with Crippen molar-refractivity contribution < 1.29 is 0 Å². The molecule has 1 heterocycles. The van der Waals surface area contributed by atoms with Gasteiger partial charge in [-0.15, -0.1) is 0 Å². The van der Waals surface area contributed by atoms with Crippen molar-refractivity contribution in [3.8, 4) is 0 Å². The van der Waals surface area contributed by atoms with Gasteiger partial charge in [-0.3, -0.25) is 4.79 Å². The maximum Gasteiger partial charge on any atom is 0.197 e. The first-order valence-electron chi connectivity index (χ1n) is 8.09. The van der Waals surface area contributed by atoms with Crippen LogP contribution in [0.5, 0.6) is 0 Å². The maximum atomic E-state index is 13.2. The Morgan fingerprint density at radius 1 is 0.750 bits per heavy atom. The molecule has 0 aliphatic heterocycles. The summed E-state index contributed by atoms with van der Waals surface area (Å²) < 4.78 is 0. The highest BCUT2D eigenvalue weighted by atomic mass is 16.1. The van der Waals surface area contributed by atoms with Crippen LogP contribution in [0.4, 0.5) is 0 Å². The van der Waals surface area contributed by atoms with E-state index in [1.54, 1.807) is 0 Å². The summed E-state index contributed by atoms with van der Waals surface area (Å²) in [6, 6.07) is 22.5. The minimum absolute atomic E-state index is 0.100. The Morgan fingerprint density at radius 3 is 2.38 bits per heavy atom. The summed E-state index contributed by atoms with van der Waals surface area (Å²) in [6.07, 6.45) is 0. The normalized spacial score (nSPS) is 11.7.